The standard InChI is InChI=1S/C17H17N5O2/c1-3-15-21-16(22-24-15)12-5-7-13(8-6-12)19-17(23)20-14-9-4-11(2)10-18-14/h4-10H,3H2,1-2H3,(H2,18,19,20,23). The fraction of sp³-hybridized carbons (Fsp3) is 0.176. The number of carbonyl (C=O) groups excluding carboxylic acids is 1. The summed E-state index contributed by atoms with van der Waals surface area (Å²) in [6.07, 6.45) is 2.39. The molecule has 0 aliphatic carbocycles. The van der Waals surface area contributed by atoms with Crippen molar-refractivity contribution < 1.29 is 9.32 Å². The first kappa shape index (κ1) is 15.7. The van der Waals surface area contributed by atoms with E-state index in [9.17, 15) is 4.79 Å². The van der Waals surface area contributed by atoms with Crippen LogP contribution in [0.15, 0.2) is 47.1 Å². The Morgan fingerprint density at radius 1 is 1.12 bits per heavy atom. The van der Waals surface area contributed by atoms with Gasteiger partial charge in [-0.3, -0.25) is 5.32 Å². The lowest BCUT2D eigenvalue weighted by molar-refractivity contribution is 0.262. The van der Waals surface area contributed by atoms with Crippen LogP contribution in [0.2, 0.25) is 0 Å². The number of urea groups is 1. The van der Waals surface area contributed by atoms with E-state index in [0.717, 1.165) is 11.1 Å². The Kier molecular flexibility index (Phi) is 4.51. The first-order chi connectivity index (χ1) is 11.6. The molecule has 0 saturated carbocycles. The highest BCUT2D eigenvalue weighted by Crippen LogP contribution is 2.19. The third-order valence-electron chi connectivity index (χ3n) is 3.32. The lowest BCUT2D eigenvalue weighted by Crippen LogP contribution is -2.19. The lowest BCUT2D eigenvalue weighted by Gasteiger charge is -2.07. The van der Waals surface area contributed by atoms with E-state index >= 15 is 0 Å². The zero-order valence-corrected chi connectivity index (χ0v) is 13.4. The molecular formula is C17H17N5O2. The number of hydrogen-bond donors (Lipinski definition) is 2. The minimum Gasteiger partial charge on any atom is -0.339 e. The SMILES string of the molecule is CCc1nc(-c2ccc(NC(=O)Nc3ccc(C)cn3)cc2)no1. The number of amides is 2. The quantitative estimate of drug-likeness (QED) is 0.764. The highest BCUT2D eigenvalue weighted by molar-refractivity contribution is 5.99. The predicted molar refractivity (Wildman–Crippen MR) is 90.7 cm³/mol. The van der Waals surface area contributed by atoms with Crippen LogP contribution in [-0.4, -0.2) is 21.2 Å². The summed E-state index contributed by atoms with van der Waals surface area (Å²) in [5, 5.41) is 9.34. The van der Waals surface area contributed by atoms with Crippen molar-refractivity contribution in [2.24, 2.45) is 0 Å². The minimum atomic E-state index is -0.355. The summed E-state index contributed by atoms with van der Waals surface area (Å²) < 4.78 is 5.09. The van der Waals surface area contributed by atoms with Crippen LogP contribution in [0, 0.1) is 6.92 Å². The molecule has 24 heavy (non-hydrogen) atoms. The lowest BCUT2D eigenvalue weighted by atomic mass is 10.2. The van der Waals surface area contributed by atoms with Crippen molar-refractivity contribution in [3.05, 3.63) is 54.0 Å². The van der Waals surface area contributed by atoms with Gasteiger partial charge in [0.25, 0.3) is 0 Å². The van der Waals surface area contributed by atoms with Gasteiger partial charge in [-0.05, 0) is 42.8 Å². The minimum absolute atomic E-state index is 0.355. The monoisotopic (exact) mass is 323 g/mol. The molecule has 0 unspecified atom stereocenters. The van der Waals surface area contributed by atoms with E-state index in [4.69, 9.17) is 4.52 Å². The number of benzene rings is 1. The fourth-order valence-corrected chi connectivity index (χ4v) is 2.04. The highest BCUT2D eigenvalue weighted by Gasteiger charge is 2.08. The predicted octanol–water partition coefficient (Wildman–Crippen LogP) is 3.65. The van der Waals surface area contributed by atoms with Crippen molar-refractivity contribution >= 4 is 17.5 Å². The average molecular weight is 323 g/mol. The van der Waals surface area contributed by atoms with E-state index in [0.29, 0.717) is 29.6 Å². The molecule has 0 aliphatic rings. The maximum atomic E-state index is 12.0. The van der Waals surface area contributed by atoms with E-state index in [2.05, 4.69) is 25.8 Å². The van der Waals surface area contributed by atoms with Gasteiger partial charge in [-0.15, -0.1) is 0 Å². The number of nitrogens with one attached hydrogen (secondary N) is 2. The molecule has 3 aromatic rings. The Labute approximate surface area is 139 Å². The molecule has 7 nitrogen and oxygen atoms in total. The molecule has 3 rings (SSSR count). The van der Waals surface area contributed by atoms with Crippen molar-refractivity contribution in [2.75, 3.05) is 10.6 Å². The highest BCUT2D eigenvalue weighted by atomic mass is 16.5. The van der Waals surface area contributed by atoms with Gasteiger partial charge >= 0.3 is 6.03 Å². The molecule has 2 heterocycles. The Bertz CT molecular complexity index is 825. The number of nitrogens with zero attached hydrogens (tertiary/aromatic N) is 3. The van der Waals surface area contributed by atoms with Gasteiger partial charge in [-0.2, -0.15) is 4.98 Å². The zero-order chi connectivity index (χ0) is 16.9. The summed E-state index contributed by atoms with van der Waals surface area (Å²) in [5.74, 6) is 1.62. The van der Waals surface area contributed by atoms with E-state index in [-0.39, 0.29) is 6.03 Å². The summed E-state index contributed by atoms with van der Waals surface area (Å²) in [6, 6.07) is 10.5. The van der Waals surface area contributed by atoms with Crippen LogP contribution in [0.1, 0.15) is 18.4 Å². The van der Waals surface area contributed by atoms with Gasteiger partial charge in [0.2, 0.25) is 11.7 Å². The molecule has 0 aliphatic heterocycles. The first-order valence-corrected chi connectivity index (χ1v) is 7.57. The second-order valence-electron chi connectivity index (χ2n) is 5.24. The van der Waals surface area contributed by atoms with Crippen molar-refractivity contribution in [1.82, 2.24) is 15.1 Å². The molecule has 2 aromatic heterocycles. The average Bonchev–Trinajstić information content (AvgIpc) is 3.07. The van der Waals surface area contributed by atoms with Crippen LogP contribution in [0.25, 0.3) is 11.4 Å². The van der Waals surface area contributed by atoms with E-state index in [1.807, 2.05) is 32.0 Å². The third-order valence-corrected chi connectivity index (χ3v) is 3.32. The second kappa shape index (κ2) is 6.91. The van der Waals surface area contributed by atoms with Crippen molar-refractivity contribution in [1.29, 1.82) is 0 Å². The Morgan fingerprint density at radius 2 is 1.92 bits per heavy atom. The van der Waals surface area contributed by atoms with Crippen molar-refractivity contribution in [3.8, 4) is 11.4 Å². The van der Waals surface area contributed by atoms with Gasteiger partial charge in [0.05, 0.1) is 0 Å². The van der Waals surface area contributed by atoms with Crippen LogP contribution >= 0.6 is 0 Å². The summed E-state index contributed by atoms with van der Waals surface area (Å²) in [5.41, 5.74) is 2.51. The van der Waals surface area contributed by atoms with Crippen LogP contribution < -0.4 is 10.6 Å². The molecule has 0 bridgehead atoms. The second-order valence-corrected chi connectivity index (χ2v) is 5.24. The fourth-order valence-electron chi connectivity index (χ4n) is 2.04. The first-order valence-electron chi connectivity index (χ1n) is 7.57. The molecule has 2 amide bonds. The molecule has 0 fully saturated rings. The summed E-state index contributed by atoms with van der Waals surface area (Å²) in [4.78, 5) is 20.4. The molecule has 122 valence electrons. The van der Waals surface area contributed by atoms with E-state index in [1.54, 1.807) is 24.4 Å². The molecule has 0 atom stereocenters. The number of aryl methyl sites for hydroxylation is 2. The van der Waals surface area contributed by atoms with Gasteiger partial charge < -0.3 is 9.84 Å². The molecule has 7 heteroatoms. The third kappa shape index (κ3) is 3.75. The van der Waals surface area contributed by atoms with Crippen LogP contribution in [-0.2, 0) is 6.42 Å². The number of rotatable bonds is 4. The molecule has 0 radical (unpaired) electrons. The smallest absolute Gasteiger partial charge is 0.324 e. The molecule has 0 saturated heterocycles. The molecular weight excluding hydrogens is 306 g/mol. The van der Waals surface area contributed by atoms with Gasteiger partial charge in [0.1, 0.15) is 5.82 Å². The number of anilines is 2. The Morgan fingerprint density at radius 3 is 2.54 bits per heavy atom. The van der Waals surface area contributed by atoms with Crippen molar-refractivity contribution in [3.63, 3.8) is 0 Å². The largest absolute Gasteiger partial charge is 0.339 e. The van der Waals surface area contributed by atoms with Gasteiger partial charge in [-0.25, -0.2) is 9.78 Å². The van der Waals surface area contributed by atoms with Crippen LogP contribution in [0.3, 0.4) is 0 Å². The van der Waals surface area contributed by atoms with Gasteiger partial charge in [0, 0.05) is 23.9 Å². The number of carbonyl (C=O) groups is 1. The summed E-state index contributed by atoms with van der Waals surface area (Å²) in [6.45, 7) is 3.89. The van der Waals surface area contributed by atoms with Crippen LogP contribution in [0.4, 0.5) is 16.3 Å². The maximum absolute atomic E-state index is 12.0. The molecule has 1 aromatic carbocycles. The van der Waals surface area contributed by atoms with E-state index < -0.39 is 0 Å². The molecule has 2 N–H and O–H groups in total. The number of aromatic nitrogens is 3. The van der Waals surface area contributed by atoms with Gasteiger partial charge in [0.15, 0.2) is 0 Å². The summed E-state index contributed by atoms with van der Waals surface area (Å²) in [7, 11) is 0. The van der Waals surface area contributed by atoms with Crippen molar-refractivity contribution in [2.45, 2.75) is 20.3 Å². The number of pyridine rings is 1. The summed E-state index contributed by atoms with van der Waals surface area (Å²) >= 11 is 0. The Balaban J connectivity index is 1.63. The normalized spacial score (nSPS) is 10.4. The van der Waals surface area contributed by atoms with Gasteiger partial charge in [-0.1, -0.05) is 18.1 Å². The molecule has 0 spiro atoms. The topological polar surface area (TPSA) is 92.9 Å². The Hall–Kier alpha value is -3.22. The van der Waals surface area contributed by atoms with E-state index in [1.165, 1.54) is 0 Å². The zero-order valence-electron chi connectivity index (χ0n) is 13.4. The van der Waals surface area contributed by atoms with Crippen LogP contribution in [0.5, 0.6) is 0 Å². The number of hydrogen-bond acceptors (Lipinski definition) is 5. The maximum Gasteiger partial charge on any atom is 0.324 e.